The highest BCUT2D eigenvalue weighted by Crippen LogP contribution is 2.32. The van der Waals surface area contributed by atoms with Crippen LogP contribution in [0.5, 0.6) is 0 Å². The Morgan fingerprint density at radius 2 is 2.00 bits per heavy atom. The van der Waals surface area contributed by atoms with Gasteiger partial charge in [-0.3, -0.25) is 0 Å². The predicted molar refractivity (Wildman–Crippen MR) is 80.5 cm³/mol. The summed E-state index contributed by atoms with van der Waals surface area (Å²) in [7, 11) is 0. The fraction of sp³-hybridized carbons (Fsp3) is 0.588. The smallest absolute Gasteiger partial charge is 0.410 e. The van der Waals surface area contributed by atoms with Gasteiger partial charge in [0.2, 0.25) is 0 Å². The first-order chi connectivity index (χ1) is 9.63. The lowest BCUT2D eigenvalue weighted by Gasteiger charge is -2.21. The zero-order valence-electron chi connectivity index (χ0n) is 12.7. The Morgan fingerprint density at radius 1 is 1.30 bits per heavy atom. The summed E-state index contributed by atoms with van der Waals surface area (Å²) in [6, 6.07) is 10.1. The summed E-state index contributed by atoms with van der Waals surface area (Å²) in [5.41, 5.74) is 1.08. The van der Waals surface area contributed by atoms with Crippen molar-refractivity contribution in [3.05, 3.63) is 35.9 Å². The minimum Gasteiger partial charge on any atom is -0.439 e. The molecule has 1 fully saturated rings. The number of ether oxygens (including phenoxy) is 1. The van der Waals surface area contributed by atoms with E-state index in [1.54, 1.807) is 0 Å². The molecule has 3 atom stereocenters. The largest absolute Gasteiger partial charge is 0.439 e. The van der Waals surface area contributed by atoms with Gasteiger partial charge in [-0.25, -0.2) is 4.79 Å². The third-order valence-corrected chi connectivity index (χ3v) is 4.31. The molecule has 1 heterocycles. The molecule has 0 radical (unpaired) electrons. The van der Waals surface area contributed by atoms with E-state index in [9.17, 15) is 4.79 Å². The lowest BCUT2D eigenvalue weighted by molar-refractivity contribution is 0.130. The van der Waals surface area contributed by atoms with Crippen LogP contribution in [0.3, 0.4) is 0 Å². The number of hydrogen-bond acceptors (Lipinski definition) is 2. The number of carbonyl (C=O) groups excluding carboxylic acids is 1. The summed E-state index contributed by atoms with van der Waals surface area (Å²) in [5.74, 6) is 0.730. The van der Waals surface area contributed by atoms with Crippen LogP contribution in [0.2, 0.25) is 0 Å². The number of rotatable bonds is 6. The molecule has 1 amide bonds. The highest BCUT2D eigenvalue weighted by molar-refractivity contribution is 5.71. The summed E-state index contributed by atoms with van der Waals surface area (Å²) in [5, 5.41) is 0. The molecule has 3 heteroatoms. The van der Waals surface area contributed by atoms with Gasteiger partial charge in [0.25, 0.3) is 0 Å². The summed E-state index contributed by atoms with van der Waals surface area (Å²) in [6.45, 7) is 7.35. The van der Waals surface area contributed by atoms with Crippen molar-refractivity contribution in [3.8, 4) is 0 Å². The average molecular weight is 275 g/mol. The van der Waals surface area contributed by atoms with E-state index in [1.807, 2.05) is 35.2 Å². The number of carbonyl (C=O) groups is 1. The van der Waals surface area contributed by atoms with E-state index >= 15 is 0 Å². The summed E-state index contributed by atoms with van der Waals surface area (Å²) in [4.78, 5) is 13.9. The fourth-order valence-electron chi connectivity index (χ4n) is 2.70. The second kappa shape index (κ2) is 6.78. The third kappa shape index (κ3) is 3.33. The van der Waals surface area contributed by atoms with E-state index in [2.05, 4.69) is 20.8 Å². The number of nitrogens with zero attached hydrogens (tertiary/aromatic N) is 1. The quantitative estimate of drug-likeness (QED) is 0.770. The Balaban J connectivity index is 1.93. The van der Waals surface area contributed by atoms with Crippen LogP contribution in [0.1, 0.15) is 51.7 Å². The first-order valence-electron chi connectivity index (χ1n) is 7.65. The molecule has 0 aromatic heterocycles. The van der Waals surface area contributed by atoms with Gasteiger partial charge in [-0.05, 0) is 31.2 Å². The van der Waals surface area contributed by atoms with Crippen LogP contribution in [0.15, 0.2) is 30.3 Å². The van der Waals surface area contributed by atoms with E-state index in [4.69, 9.17) is 4.74 Å². The molecular weight excluding hydrogens is 250 g/mol. The minimum atomic E-state index is -0.171. The molecule has 1 unspecified atom stereocenters. The number of hydrogen-bond donors (Lipinski definition) is 0. The van der Waals surface area contributed by atoms with Crippen LogP contribution in [-0.4, -0.2) is 23.6 Å². The van der Waals surface area contributed by atoms with E-state index in [0.717, 1.165) is 24.4 Å². The molecule has 110 valence electrons. The van der Waals surface area contributed by atoms with Crippen molar-refractivity contribution in [3.63, 3.8) is 0 Å². The number of cyclic esters (lactones) is 1. The second-order valence-corrected chi connectivity index (χ2v) is 5.80. The van der Waals surface area contributed by atoms with Crippen LogP contribution in [0, 0.1) is 5.92 Å². The Kier molecular flexibility index (Phi) is 5.05. The first kappa shape index (κ1) is 14.9. The van der Waals surface area contributed by atoms with Gasteiger partial charge in [-0.1, -0.05) is 50.6 Å². The van der Waals surface area contributed by atoms with Gasteiger partial charge in [-0.2, -0.15) is 0 Å². The normalized spacial score (nSPS) is 23.8. The van der Waals surface area contributed by atoms with Gasteiger partial charge < -0.3 is 9.64 Å². The Morgan fingerprint density at radius 3 is 2.65 bits per heavy atom. The molecule has 0 N–H and O–H groups in total. The summed E-state index contributed by atoms with van der Waals surface area (Å²) >= 11 is 0. The Labute approximate surface area is 121 Å². The number of amides is 1. The van der Waals surface area contributed by atoms with Gasteiger partial charge in [0.15, 0.2) is 0 Å². The van der Waals surface area contributed by atoms with Crippen LogP contribution >= 0.6 is 0 Å². The maximum absolute atomic E-state index is 12.0. The SMILES string of the molecule is CCC(C)CCCN1C(=O)O[C@@H](c2ccccc2)[C@H]1C. The van der Waals surface area contributed by atoms with E-state index < -0.39 is 0 Å². The topological polar surface area (TPSA) is 29.5 Å². The van der Waals surface area contributed by atoms with E-state index in [1.165, 1.54) is 12.8 Å². The Hall–Kier alpha value is -1.51. The van der Waals surface area contributed by atoms with Gasteiger partial charge in [0, 0.05) is 6.54 Å². The maximum atomic E-state index is 12.0. The van der Waals surface area contributed by atoms with Crippen molar-refractivity contribution in [1.82, 2.24) is 4.90 Å². The lowest BCUT2D eigenvalue weighted by Crippen LogP contribution is -2.33. The zero-order valence-corrected chi connectivity index (χ0v) is 12.7. The summed E-state index contributed by atoms with van der Waals surface area (Å²) in [6.07, 6.45) is 3.12. The highest BCUT2D eigenvalue weighted by Gasteiger charge is 2.38. The standard InChI is InChI=1S/C17H25NO2/c1-4-13(2)9-8-12-18-14(3)16(20-17(18)19)15-10-6-5-7-11-15/h5-7,10-11,13-14,16H,4,8-9,12H2,1-3H3/t13?,14-,16-/m1/s1. The van der Waals surface area contributed by atoms with Gasteiger partial charge in [0.1, 0.15) is 6.10 Å². The molecule has 3 nitrogen and oxygen atoms in total. The molecule has 20 heavy (non-hydrogen) atoms. The molecule has 1 aromatic rings. The third-order valence-electron chi connectivity index (χ3n) is 4.31. The van der Waals surface area contributed by atoms with E-state index in [-0.39, 0.29) is 18.2 Å². The number of benzene rings is 1. The molecule has 0 saturated carbocycles. The van der Waals surface area contributed by atoms with Crippen LogP contribution < -0.4 is 0 Å². The molecule has 0 spiro atoms. The van der Waals surface area contributed by atoms with Crippen LogP contribution in [0.25, 0.3) is 0 Å². The van der Waals surface area contributed by atoms with Gasteiger partial charge in [0.05, 0.1) is 6.04 Å². The zero-order chi connectivity index (χ0) is 14.5. The molecule has 0 bridgehead atoms. The van der Waals surface area contributed by atoms with Gasteiger partial charge >= 0.3 is 6.09 Å². The van der Waals surface area contributed by atoms with E-state index in [0.29, 0.717) is 0 Å². The second-order valence-electron chi connectivity index (χ2n) is 5.80. The molecule has 0 aliphatic carbocycles. The first-order valence-corrected chi connectivity index (χ1v) is 7.65. The van der Waals surface area contributed by atoms with Crippen molar-refractivity contribution in [2.45, 2.75) is 52.2 Å². The fourth-order valence-corrected chi connectivity index (χ4v) is 2.70. The van der Waals surface area contributed by atoms with Crippen molar-refractivity contribution >= 4 is 6.09 Å². The summed E-state index contributed by atoms with van der Waals surface area (Å²) < 4.78 is 5.54. The maximum Gasteiger partial charge on any atom is 0.410 e. The predicted octanol–water partition coefficient (Wildman–Crippen LogP) is 4.39. The van der Waals surface area contributed by atoms with Crippen molar-refractivity contribution < 1.29 is 9.53 Å². The lowest BCUT2D eigenvalue weighted by atomic mass is 10.0. The molecule has 1 aromatic carbocycles. The molecule has 1 aliphatic heterocycles. The molecular formula is C17H25NO2. The molecule has 1 saturated heterocycles. The minimum absolute atomic E-state index is 0.113. The highest BCUT2D eigenvalue weighted by atomic mass is 16.6. The van der Waals surface area contributed by atoms with Gasteiger partial charge in [-0.15, -0.1) is 0 Å². The van der Waals surface area contributed by atoms with Crippen LogP contribution in [-0.2, 0) is 4.74 Å². The van der Waals surface area contributed by atoms with Crippen molar-refractivity contribution in [1.29, 1.82) is 0 Å². The van der Waals surface area contributed by atoms with Crippen LogP contribution in [0.4, 0.5) is 4.79 Å². The monoisotopic (exact) mass is 275 g/mol. The average Bonchev–Trinajstić information content (AvgIpc) is 2.75. The molecule has 1 aliphatic rings. The van der Waals surface area contributed by atoms with Crippen molar-refractivity contribution in [2.75, 3.05) is 6.54 Å². The Bertz CT molecular complexity index is 432. The molecule has 2 rings (SSSR count). The van der Waals surface area contributed by atoms with Crippen molar-refractivity contribution in [2.24, 2.45) is 5.92 Å².